The van der Waals surface area contributed by atoms with Gasteiger partial charge in [-0.25, -0.2) is 4.79 Å². The standard InChI is InChI=1S/C21H29F6N5O4/c1-2-29-7-13(16(28)17(33)31-3-5-35-6-4-31)8-30-9-14-11-32(12-15(14)10-30)19(34)36-18(20(22,23)24)21(25,26)27/h7,13-15,18,28H,2-6,8-12H2,1H3. The molecule has 3 heterocycles. The third-order valence-corrected chi connectivity index (χ3v) is 6.46. The molecule has 2 amide bonds. The first-order chi connectivity index (χ1) is 16.8. The fraction of sp³-hybridized carbons (Fsp3) is 0.810. The van der Waals surface area contributed by atoms with Gasteiger partial charge in [0.2, 0.25) is 0 Å². The van der Waals surface area contributed by atoms with Crippen LogP contribution in [-0.4, -0.2) is 123 Å². The Hall–Kier alpha value is -2.42. The topological polar surface area (TPSA) is 98.5 Å². The first-order valence-electron chi connectivity index (χ1n) is 11.6. The smallest absolute Gasteiger partial charge is 0.426 e. The molecule has 204 valence electrons. The maximum absolute atomic E-state index is 12.8. The van der Waals surface area contributed by atoms with Crippen molar-refractivity contribution in [1.82, 2.24) is 14.7 Å². The molecule has 0 radical (unpaired) electrons. The molecule has 15 heteroatoms. The minimum Gasteiger partial charge on any atom is -0.426 e. The van der Waals surface area contributed by atoms with E-state index in [-0.39, 0.29) is 30.6 Å². The second kappa shape index (κ2) is 11.3. The van der Waals surface area contributed by atoms with Crippen LogP contribution in [0.3, 0.4) is 0 Å². The summed E-state index contributed by atoms with van der Waals surface area (Å²) in [6, 6.07) is 0. The third kappa shape index (κ3) is 6.87. The first-order valence-corrected chi connectivity index (χ1v) is 11.6. The van der Waals surface area contributed by atoms with Gasteiger partial charge < -0.3 is 24.2 Å². The molecule has 0 aliphatic carbocycles. The Morgan fingerprint density at radius 1 is 1.03 bits per heavy atom. The quantitative estimate of drug-likeness (QED) is 0.402. The number of aliphatic imine (C=N–C) groups is 1. The van der Waals surface area contributed by atoms with Crippen LogP contribution in [0.1, 0.15) is 6.92 Å². The Bertz CT molecular complexity index is 818. The third-order valence-electron chi connectivity index (χ3n) is 6.46. The zero-order valence-corrected chi connectivity index (χ0v) is 19.6. The minimum absolute atomic E-state index is 0.0414. The summed E-state index contributed by atoms with van der Waals surface area (Å²) < 4.78 is 85.3. The van der Waals surface area contributed by atoms with Crippen LogP contribution in [0.25, 0.3) is 0 Å². The molecule has 0 aromatic carbocycles. The molecule has 0 bridgehead atoms. The maximum Gasteiger partial charge on any atom is 0.434 e. The van der Waals surface area contributed by atoms with Crippen molar-refractivity contribution >= 4 is 23.9 Å². The van der Waals surface area contributed by atoms with E-state index in [4.69, 9.17) is 10.1 Å². The minimum atomic E-state index is -5.77. The van der Waals surface area contributed by atoms with Gasteiger partial charge >= 0.3 is 18.4 Å². The maximum atomic E-state index is 12.8. The van der Waals surface area contributed by atoms with Gasteiger partial charge in [0.15, 0.2) is 0 Å². The van der Waals surface area contributed by atoms with Crippen LogP contribution in [0, 0.1) is 23.2 Å². The van der Waals surface area contributed by atoms with E-state index in [1.165, 1.54) is 0 Å². The molecule has 3 aliphatic rings. The Balaban J connectivity index is 1.56. The number of hydrogen-bond acceptors (Lipinski definition) is 7. The summed E-state index contributed by atoms with van der Waals surface area (Å²) >= 11 is 0. The largest absolute Gasteiger partial charge is 0.434 e. The number of likely N-dealkylation sites (tertiary alicyclic amines) is 2. The van der Waals surface area contributed by atoms with Crippen LogP contribution in [0.4, 0.5) is 31.1 Å². The van der Waals surface area contributed by atoms with Crippen LogP contribution in [0.5, 0.6) is 0 Å². The molecule has 3 rings (SSSR count). The number of fused-ring (bicyclic) bond motifs is 1. The molecule has 0 aromatic heterocycles. The number of rotatable bonds is 7. The van der Waals surface area contributed by atoms with Gasteiger partial charge in [-0.15, -0.1) is 0 Å². The predicted octanol–water partition coefficient (Wildman–Crippen LogP) is 2.07. The van der Waals surface area contributed by atoms with Gasteiger partial charge in [-0.3, -0.25) is 15.2 Å². The van der Waals surface area contributed by atoms with E-state index < -0.39 is 36.4 Å². The molecule has 0 aromatic rings. The van der Waals surface area contributed by atoms with E-state index in [9.17, 15) is 35.9 Å². The summed E-state index contributed by atoms with van der Waals surface area (Å²) in [6.45, 7) is 4.90. The Labute approximate surface area is 203 Å². The molecular weight excluding hydrogens is 500 g/mol. The normalized spacial score (nSPS) is 24.4. The van der Waals surface area contributed by atoms with Crippen molar-refractivity contribution in [2.75, 3.05) is 65.6 Å². The first kappa shape index (κ1) is 28.2. The fourth-order valence-corrected chi connectivity index (χ4v) is 4.70. The highest BCUT2D eigenvalue weighted by Crippen LogP contribution is 2.37. The summed E-state index contributed by atoms with van der Waals surface area (Å²) in [5, 5.41) is 8.44. The zero-order chi connectivity index (χ0) is 26.7. The summed E-state index contributed by atoms with van der Waals surface area (Å²) in [5.41, 5.74) is -0.110. The molecule has 36 heavy (non-hydrogen) atoms. The Morgan fingerprint density at radius 3 is 2.08 bits per heavy atom. The number of hydrogen-bond donors (Lipinski definition) is 1. The molecule has 9 nitrogen and oxygen atoms in total. The van der Waals surface area contributed by atoms with Crippen molar-refractivity contribution in [1.29, 1.82) is 5.41 Å². The van der Waals surface area contributed by atoms with Crippen molar-refractivity contribution in [2.45, 2.75) is 25.4 Å². The number of morpholine rings is 1. The fourth-order valence-electron chi connectivity index (χ4n) is 4.70. The lowest BCUT2D eigenvalue weighted by molar-refractivity contribution is -0.308. The molecule has 0 spiro atoms. The number of carbonyl (C=O) groups excluding carboxylic acids is 2. The number of amides is 2. The summed E-state index contributed by atoms with van der Waals surface area (Å²) in [4.78, 5) is 33.4. The van der Waals surface area contributed by atoms with Crippen LogP contribution < -0.4 is 0 Å². The molecule has 1 N–H and O–H groups in total. The summed E-state index contributed by atoms with van der Waals surface area (Å²) in [6.07, 6.45) is -15.8. The second-order valence-corrected chi connectivity index (χ2v) is 9.06. The lowest BCUT2D eigenvalue weighted by Gasteiger charge is -2.29. The van der Waals surface area contributed by atoms with Gasteiger partial charge in [0.05, 0.1) is 19.1 Å². The zero-order valence-electron chi connectivity index (χ0n) is 19.6. The van der Waals surface area contributed by atoms with Crippen LogP contribution in [0.2, 0.25) is 0 Å². The molecule has 3 saturated heterocycles. The Kier molecular flexibility index (Phi) is 8.85. The van der Waals surface area contributed by atoms with Gasteiger partial charge in [-0.2, -0.15) is 26.3 Å². The number of ether oxygens (including phenoxy) is 2. The van der Waals surface area contributed by atoms with Gasteiger partial charge in [-0.05, 0) is 18.8 Å². The average molecular weight is 529 g/mol. The van der Waals surface area contributed by atoms with Crippen LogP contribution in [0.15, 0.2) is 4.99 Å². The van der Waals surface area contributed by atoms with Gasteiger partial charge in [0.25, 0.3) is 12.0 Å². The summed E-state index contributed by atoms with van der Waals surface area (Å²) in [7, 11) is 0. The van der Waals surface area contributed by atoms with Crippen molar-refractivity contribution in [3.8, 4) is 0 Å². The molecule has 3 fully saturated rings. The molecule has 3 atom stereocenters. The number of nitrogens with one attached hydrogen (secondary N) is 1. The van der Waals surface area contributed by atoms with Gasteiger partial charge in [0.1, 0.15) is 5.71 Å². The van der Waals surface area contributed by atoms with Crippen molar-refractivity contribution in [2.24, 2.45) is 22.7 Å². The molecule has 3 unspecified atom stereocenters. The number of carbonyl (C=O) groups is 2. The Morgan fingerprint density at radius 2 is 1.58 bits per heavy atom. The number of halogens is 6. The lowest BCUT2D eigenvalue weighted by atomic mass is 10.0. The van der Waals surface area contributed by atoms with E-state index in [0.29, 0.717) is 52.5 Å². The van der Waals surface area contributed by atoms with Gasteiger partial charge in [0, 0.05) is 58.6 Å². The highest BCUT2D eigenvalue weighted by atomic mass is 19.4. The number of nitrogens with zero attached hydrogens (tertiary/aromatic N) is 4. The molecule has 3 aliphatic heterocycles. The SMILES string of the molecule is CCN=CC(CN1CC2CN(C(=O)OC(C(F)(F)F)C(F)(F)F)CC2C1)C(=N)C(=O)N1CCOCC1. The van der Waals surface area contributed by atoms with E-state index in [1.54, 1.807) is 11.1 Å². The lowest BCUT2D eigenvalue weighted by Crippen LogP contribution is -2.48. The van der Waals surface area contributed by atoms with Crippen molar-refractivity contribution in [3.05, 3.63) is 0 Å². The highest BCUT2D eigenvalue weighted by molar-refractivity contribution is 6.40. The second-order valence-electron chi connectivity index (χ2n) is 9.06. The van der Waals surface area contributed by atoms with Crippen molar-refractivity contribution in [3.63, 3.8) is 0 Å². The van der Waals surface area contributed by atoms with E-state index in [0.717, 1.165) is 4.90 Å². The van der Waals surface area contributed by atoms with Crippen molar-refractivity contribution < 1.29 is 45.4 Å². The molecular formula is C21H29F6N5O4. The average Bonchev–Trinajstić information content (AvgIpc) is 3.37. The monoisotopic (exact) mass is 529 g/mol. The van der Waals surface area contributed by atoms with Crippen LogP contribution in [-0.2, 0) is 14.3 Å². The number of alkyl halides is 6. The molecule has 0 saturated carbocycles. The van der Waals surface area contributed by atoms with E-state index >= 15 is 0 Å². The van der Waals surface area contributed by atoms with E-state index in [1.807, 2.05) is 11.8 Å². The van der Waals surface area contributed by atoms with E-state index in [2.05, 4.69) is 9.73 Å². The van der Waals surface area contributed by atoms with Gasteiger partial charge in [-0.1, -0.05) is 0 Å². The highest BCUT2D eigenvalue weighted by Gasteiger charge is 2.60. The van der Waals surface area contributed by atoms with Crippen LogP contribution >= 0.6 is 0 Å². The summed E-state index contributed by atoms with van der Waals surface area (Å²) in [5.74, 6) is -1.34. The predicted molar refractivity (Wildman–Crippen MR) is 115 cm³/mol.